The smallest absolute Gasteiger partial charge is 0.160 e. The Bertz CT molecular complexity index is 3930. The van der Waals surface area contributed by atoms with Crippen molar-refractivity contribution in [3.05, 3.63) is 205 Å². The van der Waals surface area contributed by atoms with Crippen LogP contribution in [0.25, 0.3) is 96.8 Å². The molecule has 1 unspecified atom stereocenters. The van der Waals surface area contributed by atoms with E-state index in [1.54, 1.807) is 0 Å². The highest BCUT2D eigenvalue weighted by molar-refractivity contribution is 7.25. The maximum Gasteiger partial charge on any atom is 0.160 e. The molecule has 1 aliphatic heterocycles. The standard InChI is InChI=1S/C57H37N3OS/c1-34-22-26-46(58-57(40-24-23-35-12-2-3-13-36(35)30-40)59-56(34)39-25-29-53-45(32-39)42-17-8-11-21-52(42)62-53)55-48(27-28-51-54(55)43-18-7-10-20-50(43)61-51)60-47-19-9-6-16-41(47)44-31-37-14-4-5-15-38(37)33-49(44)60/h2-21,23-34H,22H2,1H3/b46-26+,58-57-,59-56+. The van der Waals surface area contributed by atoms with Crippen LogP contribution >= 0.6 is 11.3 Å². The van der Waals surface area contributed by atoms with E-state index in [4.69, 9.17) is 14.4 Å². The van der Waals surface area contributed by atoms with E-state index in [0.29, 0.717) is 5.84 Å². The SMILES string of the molecule is CC1C/C=C(c2c(-n3c4ccccc4c4cc5ccccc5cc43)ccc3oc4ccccc4c23)/N=C(c2ccc3ccccc3c2)\N=C/1c1ccc2sc3ccccc3c2c1. The number of amidine groups is 1. The third-order valence-electron chi connectivity index (χ3n) is 12.8. The van der Waals surface area contributed by atoms with E-state index < -0.39 is 0 Å². The van der Waals surface area contributed by atoms with Gasteiger partial charge in [0.2, 0.25) is 0 Å². The van der Waals surface area contributed by atoms with Gasteiger partial charge in [-0.3, -0.25) is 0 Å². The molecule has 13 rings (SSSR count). The van der Waals surface area contributed by atoms with Gasteiger partial charge in [-0.15, -0.1) is 11.3 Å². The van der Waals surface area contributed by atoms with Crippen molar-refractivity contribution in [2.45, 2.75) is 13.3 Å². The summed E-state index contributed by atoms with van der Waals surface area (Å²) in [6, 6.07) is 65.5. The van der Waals surface area contributed by atoms with Gasteiger partial charge in [0.1, 0.15) is 11.2 Å². The number of nitrogens with zero attached hydrogens (tertiary/aromatic N) is 3. The molecule has 3 aromatic heterocycles. The van der Waals surface area contributed by atoms with Gasteiger partial charge in [-0.2, -0.15) is 0 Å². The first-order valence-corrected chi connectivity index (χ1v) is 22.1. The Morgan fingerprint density at radius 1 is 0.516 bits per heavy atom. The van der Waals surface area contributed by atoms with Gasteiger partial charge < -0.3 is 8.98 Å². The van der Waals surface area contributed by atoms with Gasteiger partial charge in [0.25, 0.3) is 0 Å². The summed E-state index contributed by atoms with van der Waals surface area (Å²) in [6.07, 6.45) is 3.09. The van der Waals surface area contributed by atoms with Gasteiger partial charge in [0.15, 0.2) is 5.84 Å². The zero-order valence-corrected chi connectivity index (χ0v) is 34.7. The third-order valence-corrected chi connectivity index (χ3v) is 14.0. The minimum atomic E-state index is 0.0849. The van der Waals surface area contributed by atoms with E-state index in [1.165, 1.54) is 47.1 Å². The molecular formula is C57H37N3OS. The maximum atomic E-state index is 6.65. The van der Waals surface area contributed by atoms with Gasteiger partial charge >= 0.3 is 0 Å². The van der Waals surface area contributed by atoms with Crippen LogP contribution in [0.5, 0.6) is 0 Å². The summed E-state index contributed by atoms with van der Waals surface area (Å²) in [5.74, 6) is 0.768. The molecule has 0 bridgehead atoms. The zero-order valence-electron chi connectivity index (χ0n) is 33.8. The fourth-order valence-electron chi connectivity index (χ4n) is 9.82. The van der Waals surface area contributed by atoms with Crippen molar-refractivity contribution in [2.24, 2.45) is 15.9 Å². The molecule has 62 heavy (non-hydrogen) atoms. The highest BCUT2D eigenvalue weighted by Gasteiger charge is 2.26. The van der Waals surface area contributed by atoms with E-state index >= 15 is 0 Å². The molecule has 0 aliphatic carbocycles. The minimum Gasteiger partial charge on any atom is -0.456 e. The number of aromatic nitrogens is 1. The average molecular weight is 812 g/mol. The fraction of sp³-hybridized carbons (Fsp3) is 0.0526. The first-order valence-electron chi connectivity index (χ1n) is 21.3. The van der Waals surface area contributed by atoms with Gasteiger partial charge in [-0.05, 0) is 94.2 Å². The number of furan rings is 1. The van der Waals surface area contributed by atoms with Crippen molar-refractivity contribution in [3.63, 3.8) is 0 Å². The van der Waals surface area contributed by atoms with Crippen molar-refractivity contribution in [2.75, 3.05) is 0 Å². The molecule has 0 radical (unpaired) electrons. The molecule has 1 atom stereocenters. The quantitative estimate of drug-likeness (QED) is 0.175. The Morgan fingerprint density at radius 2 is 1.21 bits per heavy atom. The number of hydrogen-bond donors (Lipinski definition) is 0. The summed E-state index contributed by atoms with van der Waals surface area (Å²) < 4.78 is 11.7. The largest absolute Gasteiger partial charge is 0.456 e. The Morgan fingerprint density at radius 3 is 2.08 bits per heavy atom. The summed E-state index contributed by atoms with van der Waals surface area (Å²) in [5, 5.41) is 11.8. The second-order valence-electron chi connectivity index (χ2n) is 16.5. The van der Waals surface area contributed by atoms with E-state index in [1.807, 2.05) is 17.4 Å². The van der Waals surface area contributed by atoms with Crippen molar-refractivity contribution >= 4 is 114 Å². The molecule has 292 valence electrons. The average Bonchev–Trinajstić information content (AvgIpc) is 3.98. The van der Waals surface area contributed by atoms with Crippen molar-refractivity contribution in [3.8, 4) is 5.69 Å². The molecule has 12 aromatic rings. The normalized spacial score (nSPS) is 17.4. The predicted molar refractivity (Wildman–Crippen MR) is 264 cm³/mol. The number of hydrogen-bond acceptors (Lipinski definition) is 4. The van der Waals surface area contributed by atoms with Gasteiger partial charge in [0.05, 0.1) is 28.1 Å². The second kappa shape index (κ2) is 13.7. The summed E-state index contributed by atoms with van der Waals surface area (Å²) in [4.78, 5) is 11.4. The number of benzene rings is 9. The fourth-order valence-corrected chi connectivity index (χ4v) is 10.9. The molecule has 0 saturated heterocycles. The van der Waals surface area contributed by atoms with E-state index in [9.17, 15) is 0 Å². The molecule has 4 nitrogen and oxygen atoms in total. The Labute approximate surface area is 361 Å². The highest BCUT2D eigenvalue weighted by Crippen LogP contribution is 2.44. The van der Waals surface area contributed by atoms with E-state index in [0.717, 1.165) is 78.6 Å². The van der Waals surface area contributed by atoms with E-state index in [-0.39, 0.29) is 5.92 Å². The first kappa shape index (κ1) is 35.2. The maximum absolute atomic E-state index is 6.65. The Balaban J connectivity index is 1.11. The van der Waals surface area contributed by atoms with E-state index in [2.05, 4.69) is 193 Å². The minimum absolute atomic E-state index is 0.0849. The van der Waals surface area contributed by atoms with Gasteiger partial charge in [-0.1, -0.05) is 134 Å². The number of fused-ring (bicyclic) bond motifs is 11. The van der Waals surface area contributed by atoms with Crippen molar-refractivity contribution in [1.82, 2.24) is 4.57 Å². The highest BCUT2D eigenvalue weighted by atomic mass is 32.1. The van der Waals surface area contributed by atoms with Gasteiger partial charge in [-0.25, -0.2) is 9.98 Å². The molecule has 4 heterocycles. The molecule has 0 saturated carbocycles. The number of aliphatic imine (C=N–C) groups is 2. The topological polar surface area (TPSA) is 42.8 Å². The third kappa shape index (κ3) is 5.45. The van der Waals surface area contributed by atoms with Crippen LogP contribution in [0.3, 0.4) is 0 Å². The second-order valence-corrected chi connectivity index (χ2v) is 17.6. The lowest BCUT2D eigenvalue weighted by atomic mass is 9.92. The lowest BCUT2D eigenvalue weighted by molar-refractivity contribution is 0.669. The number of allylic oxidation sites excluding steroid dienone is 1. The van der Waals surface area contributed by atoms with Crippen LogP contribution in [0.15, 0.2) is 202 Å². The molecule has 5 heteroatoms. The lowest BCUT2D eigenvalue weighted by Crippen LogP contribution is -2.17. The zero-order chi connectivity index (χ0) is 40.9. The van der Waals surface area contributed by atoms with Crippen LogP contribution < -0.4 is 0 Å². The summed E-state index contributed by atoms with van der Waals surface area (Å²) in [5.41, 5.74) is 10.0. The number of para-hydroxylation sites is 2. The molecule has 0 spiro atoms. The monoisotopic (exact) mass is 811 g/mol. The molecule has 0 amide bonds. The molecule has 1 aliphatic rings. The molecule has 9 aromatic carbocycles. The van der Waals surface area contributed by atoms with Crippen LogP contribution in [0.2, 0.25) is 0 Å². The van der Waals surface area contributed by atoms with Crippen LogP contribution in [0, 0.1) is 5.92 Å². The van der Waals surface area contributed by atoms with Crippen LogP contribution in [0.1, 0.15) is 30.0 Å². The predicted octanol–water partition coefficient (Wildman–Crippen LogP) is 15.7. The Hall–Kier alpha value is -7.60. The number of rotatable bonds is 4. The molecule has 0 N–H and O–H groups in total. The van der Waals surface area contributed by atoms with Crippen LogP contribution in [0.4, 0.5) is 0 Å². The summed E-state index contributed by atoms with van der Waals surface area (Å²) in [7, 11) is 0. The van der Waals surface area contributed by atoms with Crippen LogP contribution in [-0.4, -0.2) is 16.1 Å². The van der Waals surface area contributed by atoms with Crippen LogP contribution in [-0.2, 0) is 0 Å². The summed E-state index contributed by atoms with van der Waals surface area (Å²) in [6.45, 7) is 2.30. The Kier molecular flexibility index (Phi) is 7.78. The van der Waals surface area contributed by atoms with Gasteiger partial charge in [0, 0.05) is 58.8 Å². The van der Waals surface area contributed by atoms with Crippen molar-refractivity contribution in [1.29, 1.82) is 0 Å². The molecule has 0 fully saturated rings. The lowest BCUT2D eigenvalue weighted by Gasteiger charge is -2.21. The first-order chi connectivity index (χ1) is 30.6. The van der Waals surface area contributed by atoms with Crippen molar-refractivity contribution < 1.29 is 4.42 Å². The summed E-state index contributed by atoms with van der Waals surface area (Å²) >= 11 is 1.84. The molecular weight excluding hydrogens is 775 g/mol. The number of thiophene rings is 1.